The first-order chi connectivity index (χ1) is 7.65. The number of nitrogens with two attached hydrogens (primary N) is 1. The van der Waals surface area contributed by atoms with Gasteiger partial charge in [-0.25, -0.2) is 4.39 Å². The Kier molecular flexibility index (Phi) is 3.82. The Morgan fingerprint density at radius 2 is 2.19 bits per heavy atom. The van der Waals surface area contributed by atoms with E-state index in [0.29, 0.717) is 17.0 Å². The lowest BCUT2D eigenvalue weighted by atomic mass is 9.80. The smallest absolute Gasteiger partial charge is 0.127 e. The molecular formula is C13H17ClFN. The van der Waals surface area contributed by atoms with Crippen molar-refractivity contribution in [2.75, 3.05) is 0 Å². The minimum absolute atomic E-state index is 0.0703. The van der Waals surface area contributed by atoms with Gasteiger partial charge in [-0.15, -0.1) is 0 Å². The molecule has 1 aliphatic carbocycles. The SMILES string of the molecule is NC(Cc1ccc(Cl)cc1F)CC1CCC1. The summed E-state index contributed by atoms with van der Waals surface area (Å²) in [5, 5.41) is 0.439. The van der Waals surface area contributed by atoms with Gasteiger partial charge in [0.1, 0.15) is 5.82 Å². The van der Waals surface area contributed by atoms with Crippen LogP contribution < -0.4 is 5.73 Å². The van der Waals surface area contributed by atoms with Gasteiger partial charge in [0, 0.05) is 11.1 Å². The summed E-state index contributed by atoms with van der Waals surface area (Å²) in [7, 11) is 0. The Bertz CT molecular complexity index is 363. The van der Waals surface area contributed by atoms with E-state index in [1.807, 2.05) is 0 Å². The number of benzene rings is 1. The van der Waals surface area contributed by atoms with Gasteiger partial charge in [-0.05, 0) is 36.5 Å². The maximum atomic E-state index is 13.5. The summed E-state index contributed by atoms with van der Waals surface area (Å²) in [6.45, 7) is 0. The van der Waals surface area contributed by atoms with E-state index in [2.05, 4.69) is 0 Å². The molecule has 1 saturated carbocycles. The van der Waals surface area contributed by atoms with E-state index in [-0.39, 0.29) is 11.9 Å². The van der Waals surface area contributed by atoms with Crippen LogP contribution in [-0.2, 0) is 6.42 Å². The molecule has 0 spiro atoms. The Balaban J connectivity index is 1.91. The van der Waals surface area contributed by atoms with Gasteiger partial charge in [0.05, 0.1) is 0 Å². The second kappa shape index (κ2) is 5.15. The molecule has 0 aromatic heterocycles. The predicted octanol–water partition coefficient (Wildman–Crippen LogP) is 3.54. The molecule has 0 saturated heterocycles. The minimum atomic E-state index is -0.239. The first kappa shape index (κ1) is 11.9. The second-order valence-corrected chi connectivity index (χ2v) is 5.17. The van der Waals surface area contributed by atoms with Crippen molar-refractivity contribution in [3.63, 3.8) is 0 Å². The van der Waals surface area contributed by atoms with Gasteiger partial charge in [-0.2, -0.15) is 0 Å². The summed E-state index contributed by atoms with van der Waals surface area (Å²) in [6.07, 6.45) is 5.53. The van der Waals surface area contributed by atoms with Gasteiger partial charge in [0.25, 0.3) is 0 Å². The lowest BCUT2D eigenvalue weighted by molar-refractivity contribution is 0.275. The van der Waals surface area contributed by atoms with Crippen LogP contribution in [-0.4, -0.2) is 6.04 Å². The van der Waals surface area contributed by atoms with Crippen LogP contribution >= 0.6 is 11.6 Å². The normalized spacial score (nSPS) is 18.2. The fraction of sp³-hybridized carbons (Fsp3) is 0.538. The standard InChI is InChI=1S/C13H17ClFN/c14-11-5-4-10(13(15)8-11)7-12(16)6-9-2-1-3-9/h4-5,8-9,12H,1-3,6-7,16H2. The zero-order valence-electron chi connectivity index (χ0n) is 9.26. The molecule has 1 aliphatic rings. The lowest BCUT2D eigenvalue weighted by Gasteiger charge is -2.28. The Hall–Kier alpha value is -0.600. The van der Waals surface area contributed by atoms with Crippen molar-refractivity contribution < 1.29 is 4.39 Å². The molecule has 1 atom stereocenters. The quantitative estimate of drug-likeness (QED) is 0.857. The lowest BCUT2D eigenvalue weighted by Crippen LogP contribution is -2.28. The summed E-state index contributed by atoms with van der Waals surface area (Å²) in [5.74, 6) is 0.530. The highest BCUT2D eigenvalue weighted by atomic mass is 35.5. The van der Waals surface area contributed by atoms with E-state index in [0.717, 1.165) is 12.3 Å². The molecular weight excluding hydrogens is 225 g/mol. The van der Waals surface area contributed by atoms with Gasteiger partial charge < -0.3 is 5.73 Å². The average Bonchev–Trinajstić information content (AvgIpc) is 2.16. The molecule has 2 rings (SSSR count). The van der Waals surface area contributed by atoms with Gasteiger partial charge in [0.2, 0.25) is 0 Å². The molecule has 0 heterocycles. The van der Waals surface area contributed by atoms with Crippen LogP contribution in [0.3, 0.4) is 0 Å². The van der Waals surface area contributed by atoms with E-state index in [9.17, 15) is 4.39 Å². The maximum Gasteiger partial charge on any atom is 0.127 e. The molecule has 3 heteroatoms. The highest BCUT2D eigenvalue weighted by Gasteiger charge is 2.20. The van der Waals surface area contributed by atoms with Crippen LogP contribution in [0.5, 0.6) is 0 Å². The molecule has 0 aliphatic heterocycles. The first-order valence-corrected chi connectivity index (χ1v) is 6.22. The molecule has 0 bridgehead atoms. The Morgan fingerprint density at radius 1 is 1.44 bits per heavy atom. The molecule has 1 aromatic rings. The van der Waals surface area contributed by atoms with Gasteiger partial charge in [0.15, 0.2) is 0 Å². The Morgan fingerprint density at radius 3 is 2.75 bits per heavy atom. The number of halogens is 2. The van der Waals surface area contributed by atoms with Crippen molar-refractivity contribution in [2.45, 2.75) is 38.1 Å². The zero-order chi connectivity index (χ0) is 11.5. The third-order valence-electron chi connectivity index (χ3n) is 3.36. The van der Waals surface area contributed by atoms with Crippen LogP contribution in [0.15, 0.2) is 18.2 Å². The fourth-order valence-electron chi connectivity index (χ4n) is 2.21. The second-order valence-electron chi connectivity index (χ2n) is 4.73. The van der Waals surface area contributed by atoms with Gasteiger partial charge in [-0.1, -0.05) is 36.9 Å². The average molecular weight is 242 g/mol. The van der Waals surface area contributed by atoms with E-state index >= 15 is 0 Å². The molecule has 16 heavy (non-hydrogen) atoms. The number of hydrogen-bond donors (Lipinski definition) is 1. The monoisotopic (exact) mass is 241 g/mol. The van der Waals surface area contributed by atoms with Crippen LogP contribution in [0.2, 0.25) is 5.02 Å². The highest BCUT2D eigenvalue weighted by Crippen LogP contribution is 2.30. The Labute approximate surface area is 101 Å². The molecule has 1 nitrogen and oxygen atoms in total. The summed E-state index contributed by atoms with van der Waals surface area (Å²) >= 11 is 5.70. The van der Waals surface area contributed by atoms with Crippen molar-refractivity contribution >= 4 is 11.6 Å². The summed E-state index contributed by atoms with van der Waals surface area (Å²) in [5.41, 5.74) is 6.70. The van der Waals surface area contributed by atoms with Crippen LogP contribution in [0, 0.1) is 11.7 Å². The zero-order valence-corrected chi connectivity index (χ0v) is 10.0. The fourth-order valence-corrected chi connectivity index (χ4v) is 2.37. The number of rotatable bonds is 4. The molecule has 1 unspecified atom stereocenters. The summed E-state index contributed by atoms with van der Waals surface area (Å²) in [6, 6.07) is 4.88. The minimum Gasteiger partial charge on any atom is -0.327 e. The predicted molar refractivity (Wildman–Crippen MR) is 65.0 cm³/mol. The van der Waals surface area contributed by atoms with Crippen LogP contribution in [0.25, 0.3) is 0 Å². The van der Waals surface area contributed by atoms with Crippen molar-refractivity contribution in [3.8, 4) is 0 Å². The van der Waals surface area contributed by atoms with Crippen LogP contribution in [0.1, 0.15) is 31.2 Å². The third-order valence-corrected chi connectivity index (χ3v) is 3.59. The van der Waals surface area contributed by atoms with E-state index in [1.54, 1.807) is 12.1 Å². The maximum absolute atomic E-state index is 13.5. The molecule has 0 amide bonds. The van der Waals surface area contributed by atoms with Gasteiger partial charge >= 0.3 is 0 Å². The van der Waals surface area contributed by atoms with Crippen molar-refractivity contribution in [1.29, 1.82) is 0 Å². The van der Waals surface area contributed by atoms with E-state index in [1.165, 1.54) is 25.3 Å². The van der Waals surface area contributed by atoms with Crippen LogP contribution in [0.4, 0.5) is 4.39 Å². The van der Waals surface area contributed by atoms with Crippen molar-refractivity contribution in [2.24, 2.45) is 11.7 Å². The van der Waals surface area contributed by atoms with E-state index < -0.39 is 0 Å². The first-order valence-electron chi connectivity index (χ1n) is 5.84. The molecule has 2 N–H and O–H groups in total. The van der Waals surface area contributed by atoms with Gasteiger partial charge in [-0.3, -0.25) is 0 Å². The summed E-state index contributed by atoms with van der Waals surface area (Å²) in [4.78, 5) is 0. The molecule has 1 aromatic carbocycles. The largest absolute Gasteiger partial charge is 0.327 e. The highest BCUT2D eigenvalue weighted by molar-refractivity contribution is 6.30. The number of hydrogen-bond acceptors (Lipinski definition) is 1. The van der Waals surface area contributed by atoms with Crippen molar-refractivity contribution in [3.05, 3.63) is 34.6 Å². The van der Waals surface area contributed by atoms with Crippen molar-refractivity contribution in [1.82, 2.24) is 0 Å². The summed E-state index contributed by atoms with van der Waals surface area (Å²) < 4.78 is 13.5. The topological polar surface area (TPSA) is 26.0 Å². The third kappa shape index (κ3) is 2.96. The molecule has 0 radical (unpaired) electrons. The molecule has 88 valence electrons. The molecule has 1 fully saturated rings. The van der Waals surface area contributed by atoms with E-state index in [4.69, 9.17) is 17.3 Å².